The van der Waals surface area contributed by atoms with E-state index in [0.29, 0.717) is 30.6 Å². The van der Waals surface area contributed by atoms with E-state index >= 15 is 0 Å². The fourth-order valence-electron chi connectivity index (χ4n) is 5.69. The van der Waals surface area contributed by atoms with Crippen LogP contribution in [0.5, 0.6) is 0 Å². The number of nitrogens with one attached hydrogen (secondary N) is 1. The zero-order valence-electron chi connectivity index (χ0n) is 18.9. The van der Waals surface area contributed by atoms with E-state index in [2.05, 4.69) is 63.8 Å². The lowest BCUT2D eigenvalue weighted by atomic mass is 9.59. The highest BCUT2D eigenvalue weighted by Gasteiger charge is 2.42. The van der Waals surface area contributed by atoms with Gasteiger partial charge in [0.05, 0.1) is 0 Å². The van der Waals surface area contributed by atoms with Crippen LogP contribution < -0.4 is 5.32 Å². The number of nitrogens with zero attached hydrogens (tertiary/aromatic N) is 2. The molecule has 4 nitrogen and oxygen atoms in total. The average Bonchev–Trinajstić information content (AvgIpc) is 2.82. The number of hydrogen-bond acceptors (Lipinski definition) is 4. The second kappa shape index (κ2) is 8.70. The molecule has 3 aromatic rings. The monoisotopic (exact) mass is 443 g/mol. The van der Waals surface area contributed by atoms with Gasteiger partial charge in [0.2, 0.25) is 5.91 Å². The zero-order valence-corrected chi connectivity index (χ0v) is 19.7. The molecule has 2 bridgehead atoms. The number of aromatic nitrogens is 2. The van der Waals surface area contributed by atoms with Gasteiger partial charge in [-0.25, -0.2) is 9.97 Å². The third-order valence-corrected chi connectivity index (χ3v) is 7.72. The third-order valence-electron chi connectivity index (χ3n) is 7.17. The van der Waals surface area contributed by atoms with Gasteiger partial charge in [0, 0.05) is 36.2 Å². The molecule has 0 aliphatic heterocycles. The molecule has 0 saturated heterocycles. The van der Waals surface area contributed by atoms with Gasteiger partial charge >= 0.3 is 0 Å². The van der Waals surface area contributed by atoms with E-state index in [1.54, 1.807) is 11.8 Å². The Balaban J connectivity index is 1.27. The van der Waals surface area contributed by atoms with Gasteiger partial charge in [-0.3, -0.25) is 4.79 Å². The standard InChI is InChI=1S/C27H29N3OS/c1-16-19(17(2)30-27(29-16)32-3)12-13-25(31)28-15-18-14-24-20-8-4-6-10-22(20)26(18)23-11-7-5-9-21(23)24/h4-11,18,24,26H,12-15H2,1-3H3,(H,28,31). The van der Waals surface area contributed by atoms with Crippen LogP contribution in [-0.4, -0.2) is 28.7 Å². The fraction of sp³-hybridized carbons (Fsp3) is 0.370. The summed E-state index contributed by atoms with van der Waals surface area (Å²) in [7, 11) is 0. The van der Waals surface area contributed by atoms with Gasteiger partial charge < -0.3 is 5.32 Å². The first-order chi connectivity index (χ1) is 15.6. The molecule has 164 valence electrons. The van der Waals surface area contributed by atoms with Crippen LogP contribution in [0, 0.1) is 19.8 Å². The number of carbonyl (C=O) groups excluding carboxylic acids is 1. The number of thioether (sulfide) groups is 1. The summed E-state index contributed by atoms with van der Waals surface area (Å²) in [5.41, 5.74) is 8.88. The van der Waals surface area contributed by atoms with Crippen LogP contribution >= 0.6 is 11.8 Å². The molecular formula is C27H29N3OS. The Morgan fingerprint density at radius 3 is 2.09 bits per heavy atom. The fourth-order valence-corrected chi connectivity index (χ4v) is 6.15. The highest BCUT2D eigenvalue weighted by Crippen LogP contribution is 2.55. The minimum absolute atomic E-state index is 0.112. The van der Waals surface area contributed by atoms with E-state index in [-0.39, 0.29) is 5.91 Å². The summed E-state index contributed by atoms with van der Waals surface area (Å²) < 4.78 is 0. The first-order valence-electron chi connectivity index (χ1n) is 11.4. The molecule has 0 fully saturated rings. The Hall–Kier alpha value is -2.66. The van der Waals surface area contributed by atoms with Crippen molar-refractivity contribution in [2.45, 2.75) is 50.1 Å². The number of fused-ring (bicyclic) bond motifs is 1. The van der Waals surface area contributed by atoms with Gasteiger partial charge in [0.1, 0.15) is 0 Å². The highest BCUT2D eigenvalue weighted by atomic mass is 32.2. The quantitative estimate of drug-likeness (QED) is 0.422. The van der Waals surface area contributed by atoms with E-state index in [1.807, 2.05) is 20.1 Å². The third kappa shape index (κ3) is 3.73. The normalized spacial score (nSPS) is 20.5. The predicted octanol–water partition coefficient (Wildman–Crippen LogP) is 5.16. The van der Waals surface area contributed by atoms with Crippen molar-refractivity contribution >= 4 is 17.7 Å². The molecule has 1 amide bonds. The Morgan fingerprint density at radius 1 is 0.969 bits per heavy atom. The molecule has 32 heavy (non-hydrogen) atoms. The SMILES string of the molecule is CSc1nc(C)c(CCC(=O)NCC2CC3c4ccccc4C2c2ccccc23)c(C)n1. The molecule has 0 saturated carbocycles. The van der Waals surface area contributed by atoms with Gasteiger partial charge in [-0.05, 0) is 66.7 Å². The molecule has 0 radical (unpaired) electrons. The molecule has 6 rings (SSSR count). The van der Waals surface area contributed by atoms with Crippen molar-refractivity contribution in [3.8, 4) is 0 Å². The number of benzene rings is 2. The topological polar surface area (TPSA) is 54.9 Å². The average molecular weight is 444 g/mol. The van der Waals surface area contributed by atoms with Crippen molar-refractivity contribution < 1.29 is 4.79 Å². The largest absolute Gasteiger partial charge is 0.356 e. The van der Waals surface area contributed by atoms with E-state index in [0.717, 1.165) is 35.1 Å². The minimum atomic E-state index is 0.112. The Kier molecular flexibility index (Phi) is 5.76. The lowest BCUT2D eigenvalue weighted by Gasteiger charge is -2.45. The molecular weight excluding hydrogens is 414 g/mol. The van der Waals surface area contributed by atoms with E-state index in [1.165, 1.54) is 22.3 Å². The predicted molar refractivity (Wildman–Crippen MR) is 129 cm³/mol. The number of carbonyl (C=O) groups is 1. The molecule has 3 aliphatic carbocycles. The van der Waals surface area contributed by atoms with Crippen molar-refractivity contribution in [3.63, 3.8) is 0 Å². The molecule has 2 aromatic carbocycles. The minimum Gasteiger partial charge on any atom is -0.356 e. The first-order valence-corrected chi connectivity index (χ1v) is 12.6. The van der Waals surface area contributed by atoms with Gasteiger partial charge in [-0.15, -0.1) is 0 Å². The Labute approximate surface area is 194 Å². The summed E-state index contributed by atoms with van der Waals surface area (Å²) in [4.78, 5) is 21.8. The maximum atomic E-state index is 12.7. The molecule has 0 spiro atoms. The van der Waals surface area contributed by atoms with Crippen LogP contribution in [0.15, 0.2) is 53.7 Å². The van der Waals surface area contributed by atoms with Crippen molar-refractivity contribution in [2.75, 3.05) is 12.8 Å². The van der Waals surface area contributed by atoms with Gasteiger partial charge in [0.25, 0.3) is 0 Å². The van der Waals surface area contributed by atoms with Crippen LogP contribution in [0.25, 0.3) is 0 Å². The highest BCUT2D eigenvalue weighted by molar-refractivity contribution is 7.98. The summed E-state index contributed by atoms with van der Waals surface area (Å²) in [6, 6.07) is 17.7. The van der Waals surface area contributed by atoms with Crippen LogP contribution in [-0.2, 0) is 11.2 Å². The van der Waals surface area contributed by atoms with Gasteiger partial charge in [0.15, 0.2) is 5.16 Å². The smallest absolute Gasteiger partial charge is 0.220 e. The second-order valence-electron chi connectivity index (χ2n) is 8.95. The van der Waals surface area contributed by atoms with E-state index in [4.69, 9.17) is 0 Å². The molecule has 5 heteroatoms. The first kappa shape index (κ1) is 21.2. The lowest BCUT2D eigenvalue weighted by molar-refractivity contribution is -0.121. The van der Waals surface area contributed by atoms with E-state index in [9.17, 15) is 4.79 Å². The molecule has 1 atom stereocenters. The molecule has 1 unspecified atom stereocenters. The number of rotatable bonds is 6. The summed E-state index contributed by atoms with van der Waals surface area (Å²) in [6.45, 7) is 4.74. The van der Waals surface area contributed by atoms with Gasteiger partial charge in [-0.1, -0.05) is 60.3 Å². The van der Waals surface area contributed by atoms with Crippen LogP contribution in [0.4, 0.5) is 0 Å². The number of aryl methyl sites for hydroxylation is 2. The van der Waals surface area contributed by atoms with Crippen LogP contribution in [0.2, 0.25) is 0 Å². The van der Waals surface area contributed by atoms with Crippen molar-refractivity contribution in [1.82, 2.24) is 15.3 Å². The maximum Gasteiger partial charge on any atom is 0.220 e. The zero-order chi connectivity index (χ0) is 22.2. The number of hydrogen-bond donors (Lipinski definition) is 1. The lowest BCUT2D eigenvalue weighted by Crippen LogP contribution is -2.39. The van der Waals surface area contributed by atoms with Crippen LogP contribution in [0.1, 0.15) is 63.9 Å². The molecule has 1 heterocycles. The number of amides is 1. The molecule has 1 N–H and O–H groups in total. The summed E-state index contributed by atoms with van der Waals surface area (Å²) in [5.74, 6) is 1.35. The Bertz CT molecular complexity index is 1100. The summed E-state index contributed by atoms with van der Waals surface area (Å²) in [5, 5.41) is 4.04. The summed E-state index contributed by atoms with van der Waals surface area (Å²) >= 11 is 1.55. The van der Waals surface area contributed by atoms with E-state index < -0.39 is 0 Å². The van der Waals surface area contributed by atoms with Crippen LogP contribution in [0.3, 0.4) is 0 Å². The second-order valence-corrected chi connectivity index (χ2v) is 9.72. The Morgan fingerprint density at radius 2 is 1.53 bits per heavy atom. The molecule has 3 aliphatic rings. The molecule has 1 aromatic heterocycles. The van der Waals surface area contributed by atoms with Gasteiger partial charge in [-0.2, -0.15) is 0 Å². The van der Waals surface area contributed by atoms with Crippen molar-refractivity contribution in [2.24, 2.45) is 5.92 Å². The van der Waals surface area contributed by atoms with Crippen molar-refractivity contribution in [3.05, 3.63) is 87.7 Å². The van der Waals surface area contributed by atoms with Crippen molar-refractivity contribution in [1.29, 1.82) is 0 Å². The summed E-state index contributed by atoms with van der Waals surface area (Å²) in [6.07, 6.45) is 4.23. The maximum absolute atomic E-state index is 12.7.